The molecule has 0 spiro atoms. The molecule has 2 saturated heterocycles. The first-order valence-electron chi connectivity index (χ1n) is 11.2. The predicted octanol–water partition coefficient (Wildman–Crippen LogP) is 1.85. The van der Waals surface area contributed by atoms with Gasteiger partial charge in [0.25, 0.3) is 11.8 Å². The Kier molecular flexibility index (Phi) is 5.46. The molecule has 32 heavy (non-hydrogen) atoms. The van der Waals surface area contributed by atoms with Gasteiger partial charge in [0.2, 0.25) is 5.43 Å². The number of amides is 2. The van der Waals surface area contributed by atoms with Gasteiger partial charge in [-0.15, -0.1) is 0 Å². The fourth-order valence-corrected chi connectivity index (χ4v) is 5.00. The second kappa shape index (κ2) is 8.43. The van der Waals surface area contributed by atoms with Gasteiger partial charge in [-0.05, 0) is 37.2 Å². The number of aromatic hydroxyl groups is 1. The van der Waals surface area contributed by atoms with Crippen molar-refractivity contribution in [2.75, 3.05) is 26.2 Å². The van der Waals surface area contributed by atoms with E-state index in [9.17, 15) is 19.5 Å². The van der Waals surface area contributed by atoms with Crippen LogP contribution in [0.3, 0.4) is 0 Å². The summed E-state index contributed by atoms with van der Waals surface area (Å²) in [4.78, 5) is 42.0. The topological polar surface area (TPSA) is 92.1 Å². The minimum Gasteiger partial charge on any atom is -0.503 e. The molecule has 3 aliphatic heterocycles. The molecule has 3 aliphatic rings. The monoisotopic (exact) mass is 437 g/mol. The lowest BCUT2D eigenvalue weighted by atomic mass is 9.90. The molecule has 0 aliphatic carbocycles. The Hall–Kier alpha value is -3.13. The van der Waals surface area contributed by atoms with Gasteiger partial charge in [-0.1, -0.05) is 30.3 Å². The number of pyridine rings is 1. The second-order valence-electron chi connectivity index (χ2n) is 8.82. The van der Waals surface area contributed by atoms with E-state index in [0.29, 0.717) is 38.6 Å². The molecule has 2 aromatic rings. The number of carbonyl (C=O) groups excluding carboxylic acids is 2. The van der Waals surface area contributed by atoms with Crippen molar-refractivity contribution in [1.82, 2.24) is 14.4 Å². The van der Waals surface area contributed by atoms with Crippen LogP contribution in [0, 0.1) is 5.92 Å². The van der Waals surface area contributed by atoms with Crippen LogP contribution < -0.4 is 5.43 Å². The lowest BCUT2D eigenvalue weighted by Gasteiger charge is -2.40. The van der Waals surface area contributed by atoms with Gasteiger partial charge in [0, 0.05) is 25.8 Å². The van der Waals surface area contributed by atoms with Gasteiger partial charge >= 0.3 is 0 Å². The first-order valence-corrected chi connectivity index (χ1v) is 11.2. The number of likely N-dealkylation sites (tertiary alicyclic amines) is 1. The van der Waals surface area contributed by atoms with Crippen molar-refractivity contribution < 1.29 is 19.4 Å². The zero-order valence-electron chi connectivity index (χ0n) is 17.9. The summed E-state index contributed by atoms with van der Waals surface area (Å²) < 4.78 is 7.19. The van der Waals surface area contributed by atoms with Gasteiger partial charge in [-0.3, -0.25) is 14.4 Å². The van der Waals surface area contributed by atoms with E-state index in [4.69, 9.17) is 4.74 Å². The molecule has 0 saturated carbocycles. The van der Waals surface area contributed by atoms with Crippen molar-refractivity contribution in [3.63, 3.8) is 0 Å². The molecule has 2 fully saturated rings. The molecular weight excluding hydrogens is 410 g/mol. The van der Waals surface area contributed by atoms with Crippen LogP contribution in [0.25, 0.3) is 0 Å². The number of fused-ring (bicyclic) bond motifs is 2. The van der Waals surface area contributed by atoms with Crippen molar-refractivity contribution in [2.24, 2.45) is 5.92 Å². The molecule has 0 radical (unpaired) electrons. The van der Waals surface area contributed by atoms with Gasteiger partial charge < -0.3 is 24.2 Å². The Labute approximate surface area is 186 Å². The van der Waals surface area contributed by atoms with Crippen molar-refractivity contribution in [1.29, 1.82) is 0 Å². The van der Waals surface area contributed by atoms with E-state index in [0.717, 1.165) is 19.3 Å². The number of hydrogen-bond acceptors (Lipinski definition) is 5. The molecule has 1 aromatic carbocycles. The van der Waals surface area contributed by atoms with Crippen LogP contribution in [0.2, 0.25) is 0 Å². The first-order chi connectivity index (χ1) is 15.5. The summed E-state index contributed by atoms with van der Waals surface area (Å²) in [5, 5.41) is 10.5. The number of carbonyl (C=O) groups is 2. The minimum absolute atomic E-state index is 0.0603. The number of piperidine rings is 1. The molecule has 2 amide bonds. The Morgan fingerprint density at radius 2 is 1.84 bits per heavy atom. The fraction of sp³-hybridized carbons (Fsp3) is 0.458. The van der Waals surface area contributed by atoms with Gasteiger partial charge in [-0.25, -0.2) is 0 Å². The lowest BCUT2D eigenvalue weighted by molar-refractivity contribution is -0.0920. The molecular formula is C24H27N3O5. The van der Waals surface area contributed by atoms with Gasteiger partial charge in [-0.2, -0.15) is 0 Å². The highest BCUT2D eigenvalue weighted by Gasteiger charge is 2.38. The molecule has 1 N–H and O–H groups in total. The Morgan fingerprint density at radius 1 is 1.09 bits per heavy atom. The molecule has 5 rings (SSSR count). The molecule has 1 unspecified atom stereocenters. The summed E-state index contributed by atoms with van der Waals surface area (Å²) in [5.41, 5.74) is 0.357. The zero-order valence-corrected chi connectivity index (χ0v) is 17.9. The van der Waals surface area contributed by atoms with Crippen LogP contribution in [0.5, 0.6) is 5.75 Å². The maximum absolute atomic E-state index is 13.2. The third kappa shape index (κ3) is 3.68. The summed E-state index contributed by atoms with van der Waals surface area (Å²) in [6.07, 6.45) is 4.39. The van der Waals surface area contributed by atoms with Crippen LogP contribution in [-0.2, 0) is 17.7 Å². The summed E-state index contributed by atoms with van der Waals surface area (Å²) >= 11 is 0. The fourth-order valence-electron chi connectivity index (χ4n) is 5.00. The smallest absolute Gasteiger partial charge is 0.276 e. The van der Waals surface area contributed by atoms with Crippen molar-refractivity contribution in [3.8, 4) is 5.75 Å². The number of benzene rings is 1. The third-order valence-electron chi connectivity index (χ3n) is 6.77. The van der Waals surface area contributed by atoms with E-state index < -0.39 is 29.2 Å². The maximum atomic E-state index is 13.2. The molecule has 1 atom stereocenters. The molecule has 1 aromatic heterocycles. The van der Waals surface area contributed by atoms with Crippen LogP contribution in [-0.4, -0.2) is 63.8 Å². The largest absolute Gasteiger partial charge is 0.503 e. The average molecular weight is 437 g/mol. The van der Waals surface area contributed by atoms with Crippen LogP contribution in [0.4, 0.5) is 0 Å². The Balaban J connectivity index is 1.33. The van der Waals surface area contributed by atoms with E-state index >= 15 is 0 Å². The Morgan fingerprint density at radius 3 is 2.59 bits per heavy atom. The van der Waals surface area contributed by atoms with Crippen molar-refractivity contribution in [2.45, 2.75) is 38.5 Å². The Bertz CT molecular complexity index is 1090. The lowest BCUT2D eigenvalue weighted by Crippen LogP contribution is -2.53. The molecule has 8 heteroatoms. The minimum atomic E-state index is -0.780. The summed E-state index contributed by atoms with van der Waals surface area (Å²) in [7, 11) is 0. The van der Waals surface area contributed by atoms with E-state index in [1.807, 2.05) is 18.2 Å². The molecule has 168 valence electrons. The number of aromatic nitrogens is 1. The number of nitrogens with zero attached hydrogens (tertiary/aromatic N) is 3. The predicted molar refractivity (Wildman–Crippen MR) is 117 cm³/mol. The number of ether oxygens (including phenoxy) is 1. The normalized spacial score (nSPS) is 21.2. The van der Waals surface area contributed by atoms with Crippen molar-refractivity contribution >= 4 is 11.8 Å². The van der Waals surface area contributed by atoms with Gasteiger partial charge in [0.05, 0.1) is 13.2 Å². The van der Waals surface area contributed by atoms with E-state index in [-0.39, 0.29) is 17.8 Å². The molecule has 4 heterocycles. The quantitative estimate of drug-likeness (QED) is 0.791. The number of rotatable bonds is 3. The van der Waals surface area contributed by atoms with Gasteiger partial charge in [0.15, 0.2) is 17.7 Å². The average Bonchev–Trinajstić information content (AvgIpc) is 2.82. The van der Waals surface area contributed by atoms with Gasteiger partial charge in [0.1, 0.15) is 5.56 Å². The summed E-state index contributed by atoms with van der Waals surface area (Å²) in [6.45, 7) is 2.50. The van der Waals surface area contributed by atoms with Crippen molar-refractivity contribution in [3.05, 3.63) is 63.6 Å². The van der Waals surface area contributed by atoms with E-state index in [2.05, 4.69) is 12.1 Å². The highest BCUT2D eigenvalue weighted by Crippen LogP contribution is 2.27. The maximum Gasteiger partial charge on any atom is 0.276 e. The highest BCUT2D eigenvalue weighted by molar-refractivity contribution is 5.99. The standard InChI is InChI=1S/C24H27N3O5/c28-21-18(14-26-15-19-27(9-4-12-32-19)24(31)20(26)22(21)29)23(30)25-10-7-17(8-11-25)13-16-5-2-1-3-6-16/h1-3,5-6,14,17,19,29H,4,7-13,15H2. The van der Waals surface area contributed by atoms with Crippen LogP contribution >= 0.6 is 0 Å². The summed E-state index contributed by atoms with van der Waals surface area (Å²) in [6, 6.07) is 10.3. The SMILES string of the molecule is O=C(c1cn2c(c(O)c1=O)C(=O)N1CCCOC1C2)N1CCC(Cc2ccccc2)CC1. The van der Waals surface area contributed by atoms with Crippen LogP contribution in [0.1, 0.15) is 45.7 Å². The van der Waals surface area contributed by atoms with Crippen LogP contribution in [0.15, 0.2) is 41.3 Å². The zero-order chi connectivity index (χ0) is 22.2. The van der Waals surface area contributed by atoms with E-state index in [1.165, 1.54) is 21.2 Å². The highest BCUT2D eigenvalue weighted by atomic mass is 16.5. The number of hydrogen-bond donors (Lipinski definition) is 1. The third-order valence-corrected chi connectivity index (χ3v) is 6.77. The van der Waals surface area contributed by atoms with E-state index in [1.54, 1.807) is 4.90 Å². The first kappa shape index (κ1) is 20.8. The second-order valence-corrected chi connectivity index (χ2v) is 8.82. The molecule has 0 bridgehead atoms. The summed E-state index contributed by atoms with van der Waals surface area (Å²) in [5.74, 6) is -0.982. The molecule has 8 nitrogen and oxygen atoms in total.